The Morgan fingerprint density at radius 3 is 2.62 bits per heavy atom. The summed E-state index contributed by atoms with van der Waals surface area (Å²) >= 11 is 0. The van der Waals surface area contributed by atoms with Gasteiger partial charge in [0.25, 0.3) is 0 Å². The first-order valence-electron chi connectivity index (χ1n) is 5.82. The molecule has 3 rings (SSSR count). The fourth-order valence-corrected chi connectivity index (χ4v) is 2.21. The van der Waals surface area contributed by atoms with Gasteiger partial charge in [-0.25, -0.2) is 4.98 Å². The molecule has 1 saturated carbocycles. The van der Waals surface area contributed by atoms with Crippen LogP contribution in [0.15, 0.2) is 12.1 Å². The summed E-state index contributed by atoms with van der Waals surface area (Å²) in [6, 6.07) is 4.32. The van der Waals surface area contributed by atoms with Crippen molar-refractivity contribution in [2.75, 3.05) is 6.54 Å². The number of hydrogen-bond donors (Lipinski definition) is 2. The van der Waals surface area contributed by atoms with Crippen LogP contribution in [0.3, 0.4) is 0 Å². The molecule has 0 radical (unpaired) electrons. The first kappa shape index (κ1) is 9.85. The van der Waals surface area contributed by atoms with Crippen molar-refractivity contribution in [1.82, 2.24) is 9.97 Å². The molecule has 0 bridgehead atoms. The summed E-state index contributed by atoms with van der Waals surface area (Å²) in [5.41, 5.74) is 10.8. The van der Waals surface area contributed by atoms with Crippen LogP contribution in [0, 0.1) is 13.8 Å². The van der Waals surface area contributed by atoms with E-state index in [1.54, 1.807) is 0 Å². The maximum atomic E-state index is 5.82. The maximum absolute atomic E-state index is 5.82. The van der Waals surface area contributed by atoms with Gasteiger partial charge in [-0.15, -0.1) is 0 Å². The van der Waals surface area contributed by atoms with Gasteiger partial charge in [-0.1, -0.05) is 0 Å². The number of nitrogens with two attached hydrogens (primary N) is 1. The first-order chi connectivity index (χ1) is 7.64. The van der Waals surface area contributed by atoms with E-state index in [4.69, 9.17) is 5.73 Å². The van der Waals surface area contributed by atoms with Crippen LogP contribution < -0.4 is 5.73 Å². The molecule has 3 heteroatoms. The van der Waals surface area contributed by atoms with Crippen LogP contribution in [0.4, 0.5) is 0 Å². The number of nitrogens with one attached hydrogen (secondary N) is 1. The monoisotopic (exact) mass is 215 g/mol. The van der Waals surface area contributed by atoms with E-state index in [1.165, 1.54) is 24.0 Å². The molecular weight excluding hydrogens is 198 g/mol. The van der Waals surface area contributed by atoms with Gasteiger partial charge < -0.3 is 10.7 Å². The van der Waals surface area contributed by atoms with Crippen LogP contribution in [0.5, 0.6) is 0 Å². The van der Waals surface area contributed by atoms with E-state index < -0.39 is 0 Å². The van der Waals surface area contributed by atoms with Gasteiger partial charge in [0.2, 0.25) is 0 Å². The molecule has 0 saturated heterocycles. The second-order valence-corrected chi connectivity index (χ2v) is 5.02. The van der Waals surface area contributed by atoms with Gasteiger partial charge in [0.15, 0.2) is 0 Å². The number of benzene rings is 1. The van der Waals surface area contributed by atoms with E-state index in [-0.39, 0.29) is 5.41 Å². The van der Waals surface area contributed by atoms with Gasteiger partial charge in [0.05, 0.1) is 11.0 Å². The molecule has 3 nitrogen and oxygen atoms in total. The number of nitrogens with zero attached hydrogens (tertiary/aromatic N) is 1. The molecule has 1 aliphatic rings. The van der Waals surface area contributed by atoms with E-state index in [9.17, 15) is 0 Å². The Bertz CT molecular complexity index is 511. The van der Waals surface area contributed by atoms with Crippen molar-refractivity contribution >= 4 is 11.0 Å². The summed E-state index contributed by atoms with van der Waals surface area (Å²) in [6.45, 7) is 4.95. The first-order valence-corrected chi connectivity index (χ1v) is 5.82. The summed E-state index contributed by atoms with van der Waals surface area (Å²) in [7, 11) is 0. The largest absolute Gasteiger partial charge is 0.341 e. The quantitative estimate of drug-likeness (QED) is 0.806. The molecule has 1 fully saturated rings. The van der Waals surface area contributed by atoms with Crippen LogP contribution in [-0.2, 0) is 5.41 Å². The Labute approximate surface area is 95.1 Å². The maximum Gasteiger partial charge on any atom is 0.114 e. The second kappa shape index (κ2) is 3.08. The Morgan fingerprint density at radius 1 is 1.31 bits per heavy atom. The molecule has 0 unspecified atom stereocenters. The number of hydrogen-bond acceptors (Lipinski definition) is 2. The molecule has 1 aromatic heterocycles. The highest BCUT2D eigenvalue weighted by atomic mass is 15.0. The molecule has 1 aromatic carbocycles. The van der Waals surface area contributed by atoms with Gasteiger partial charge in [0, 0.05) is 12.0 Å². The standard InChI is InChI=1S/C13H17N3/c1-8-5-10-11(6-9(8)2)16-12(15-10)13(7-14)3-4-13/h5-6H,3-4,7,14H2,1-2H3,(H,15,16). The number of H-pyrrole nitrogens is 1. The molecule has 0 amide bonds. The van der Waals surface area contributed by atoms with Gasteiger partial charge in [-0.3, -0.25) is 0 Å². The summed E-state index contributed by atoms with van der Waals surface area (Å²) < 4.78 is 0. The number of aromatic amines is 1. The summed E-state index contributed by atoms with van der Waals surface area (Å²) in [6.07, 6.45) is 2.34. The van der Waals surface area contributed by atoms with Crippen molar-refractivity contribution in [3.8, 4) is 0 Å². The third-order valence-electron chi connectivity index (χ3n) is 3.84. The SMILES string of the molecule is Cc1cc2nc(C3(CN)CC3)[nH]c2cc1C. The zero-order valence-electron chi connectivity index (χ0n) is 9.80. The highest BCUT2D eigenvalue weighted by Gasteiger charge is 2.45. The minimum Gasteiger partial charge on any atom is -0.341 e. The van der Waals surface area contributed by atoms with Crippen molar-refractivity contribution in [3.05, 3.63) is 29.1 Å². The van der Waals surface area contributed by atoms with E-state index in [2.05, 4.69) is 35.9 Å². The van der Waals surface area contributed by atoms with Gasteiger partial charge in [-0.05, 0) is 49.9 Å². The molecule has 16 heavy (non-hydrogen) atoms. The fourth-order valence-electron chi connectivity index (χ4n) is 2.21. The van der Waals surface area contributed by atoms with Gasteiger partial charge in [0.1, 0.15) is 5.82 Å². The van der Waals surface area contributed by atoms with Crippen molar-refractivity contribution < 1.29 is 0 Å². The van der Waals surface area contributed by atoms with Crippen molar-refractivity contribution in [2.24, 2.45) is 5.73 Å². The number of imidazole rings is 1. The topological polar surface area (TPSA) is 54.7 Å². The van der Waals surface area contributed by atoms with Crippen LogP contribution in [0.1, 0.15) is 29.8 Å². The predicted molar refractivity (Wildman–Crippen MR) is 65.5 cm³/mol. The molecule has 2 aromatic rings. The highest BCUT2D eigenvalue weighted by Crippen LogP contribution is 2.46. The minimum atomic E-state index is 0.154. The van der Waals surface area contributed by atoms with Gasteiger partial charge in [-0.2, -0.15) is 0 Å². The lowest BCUT2D eigenvalue weighted by Gasteiger charge is -2.06. The lowest BCUT2D eigenvalue weighted by atomic mass is 10.1. The van der Waals surface area contributed by atoms with Gasteiger partial charge >= 0.3 is 0 Å². The van der Waals surface area contributed by atoms with Crippen LogP contribution in [-0.4, -0.2) is 16.5 Å². The van der Waals surface area contributed by atoms with E-state index in [1.807, 2.05) is 0 Å². The summed E-state index contributed by atoms with van der Waals surface area (Å²) in [5, 5.41) is 0. The minimum absolute atomic E-state index is 0.154. The molecular formula is C13H17N3. The normalized spacial score (nSPS) is 17.9. The zero-order chi connectivity index (χ0) is 11.3. The molecule has 1 aliphatic carbocycles. The van der Waals surface area contributed by atoms with E-state index in [0.717, 1.165) is 16.9 Å². The number of aryl methyl sites for hydroxylation is 2. The van der Waals surface area contributed by atoms with Crippen molar-refractivity contribution in [1.29, 1.82) is 0 Å². The molecule has 3 N–H and O–H groups in total. The summed E-state index contributed by atoms with van der Waals surface area (Å²) in [4.78, 5) is 8.11. The second-order valence-electron chi connectivity index (χ2n) is 5.02. The Hall–Kier alpha value is -1.35. The molecule has 0 aliphatic heterocycles. The highest BCUT2D eigenvalue weighted by molar-refractivity contribution is 5.77. The van der Waals surface area contributed by atoms with Crippen LogP contribution in [0.25, 0.3) is 11.0 Å². The average Bonchev–Trinajstić information content (AvgIpc) is 2.96. The third kappa shape index (κ3) is 1.28. The van der Waals surface area contributed by atoms with Crippen LogP contribution in [0.2, 0.25) is 0 Å². The number of rotatable bonds is 2. The number of fused-ring (bicyclic) bond motifs is 1. The molecule has 84 valence electrons. The third-order valence-corrected chi connectivity index (χ3v) is 3.84. The van der Waals surface area contributed by atoms with E-state index >= 15 is 0 Å². The lowest BCUT2D eigenvalue weighted by molar-refractivity contribution is 0.662. The fraction of sp³-hybridized carbons (Fsp3) is 0.462. The van der Waals surface area contributed by atoms with Crippen molar-refractivity contribution in [3.63, 3.8) is 0 Å². The Morgan fingerprint density at radius 2 is 2.00 bits per heavy atom. The molecule has 0 spiro atoms. The lowest BCUT2D eigenvalue weighted by Crippen LogP contribution is -2.20. The molecule has 1 heterocycles. The summed E-state index contributed by atoms with van der Waals surface area (Å²) in [5.74, 6) is 1.08. The average molecular weight is 215 g/mol. The smallest absolute Gasteiger partial charge is 0.114 e. The number of aromatic nitrogens is 2. The van der Waals surface area contributed by atoms with Crippen LogP contribution >= 0.6 is 0 Å². The predicted octanol–water partition coefficient (Wildman–Crippen LogP) is 2.17. The van der Waals surface area contributed by atoms with Crippen molar-refractivity contribution in [2.45, 2.75) is 32.1 Å². The zero-order valence-corrected chi connectivity index (χ0v) is 9.80. The Kier molecular flexibility index (Phi) is 1.89. The Balaban J connectivity index is 2.16. The van der Waals surface area contributed by atoms with E-state index in [0.29, 0.717) is 6.54 Å². The molecule has 0 atom stereocenters.